The van der Waals surface area contributed by atoms with Crippen LogP contribution in [0.3, 0.4) is 0 Å². The second kappa shape index (κ2) is 6.02. The molecule has 2 unspecified atom stereocenters. The highest BCUT2D eigenvalue weighted by Gasteiger charge is 2.28. The molecule has 0 spiro atoms. The summed E-state index contributed by atoms with van der Waals surface area (Å²) in [7, 11) is 0. The molecule has 1 heterocycles. The zero-order valence-corrected chi connectivity index (χ0v) is 11.6. The monoisotopic (exact) mass is 226 g/mol. The van der Waals surface area contributed by atoms with Gasteiger partial charge in [0, 0.05) is 12.1 Å². The van der Waals surface area contributed by atoms with Crippen LogP contribution in [0.25, 0.3) is 0 Å². The Bertz CT molecular complexity index is 201. The molecule has 0 aromatic heterocycles. The molecule has 2 N–H and O–H groups in total. The van der Waals surface area contributed by atoms with Gasteiger partial charge in [-0.05, 0) is 57.5 Å². The minimum atomic E-state index is 0.324. The molecule has 16 heavy (non-hydrogen) atoms. The third-order valence-electron chi connectivity index (χ3n) is 4.25. The first-order valence-corrected chi connectivity index (χ1v) is 6.96. The summed E-state index contributed by atoms with van der Waals surface area (Å²) in [6.45, 7) is 11.3. The Morgan fingerprint density at radius 3 is 2.56 bits per heavy atom. The zero-order valence-electron chi connectivity index (χ0n) is 11.6. The Morgan fingerprint density at radius 1 is 1.31 bits per heavy atom. The molecule has 1 aliphatic rings. The van der Waals surface area contributed by atoms with Gasteiger partial charge in [0.05, 0.1) is 0 Å². The van der Waals surface area contributed by atoms with E-state index in [1.165, 1.54) is 38.6 Å². The van der Waals surface area contributed by atoms with Gasteiger partial charge in [-0.2, -0.15) is 0 Å². The van der Waals surface area contributed by atoms with Crippen molar-refractivity contribution in [2.24, 2.45) is 11.1 Å². The number of hydrogen-bond acceptors (Lipinski definition) is 2. The quantitative estimate of drug-likeness (QED) is 0.754. The summed E-state index contributed by atoms with van der Waals surface area (Å²) in [4.78, 5) is 2.71. The van der Waals surface area contributed by atoms with E-state index < -0.39 is 0 Å². The van der Waals surface area contributed by atoms with Gasteiger partial charge in [0.1, 0.15) is 0 Å². The minimum Gasteiger partial charge on any atom is -0.330 e. The molecule has 1 saturated heterocycles. The molecule has 2 atom stereocenters. The lowest BCUT2D eigenvalue weighted by atomic mass is 9.88. The second-order valence-electron chi connectivity index (χ2n) is 6.20. The smallest absolute Gasteiger partial charge is 0.00960 e. The first-order valence-electron chi connectivity index (χ1n) is 6.96. The maximum Gasteiger partial charge on any atom is 0.00960 e. The predicted molar refractivity (Wildman–Crippen MR) is 71.6 cm³/mol. The van der Waals surface area contributed by atoms with E-state index in [-0.39, 0.29) is 0 Å². The Kier molecular flexibility index (Phi) is 5.26. The van der Waals surface area contributed by atoms with Crippen LogP contribution in [0, 0.1) is 5.41 Å². The molecule has 0 amide bonds. The van der Waals surface area contributed by atoms with Crippen molar-refractivity contribution in [3.63, 3.8) is 0 Å². The van der Waals surface area contributed by atoms with Crippen LogP contribution in [-0.4, -0.2) is 30.1 Å². The first kappa shape index (κ1) is 14.0. The van der Waals surface area contributed by atoms with Crippen LogP contribution < -0.4 is 5.73 Å². The van der Waals surface area contributed by atoms with Gasteiger partial charge >= 0.3 is 0 Å². The molecular weight excluding hydrogens is 196 g/mol. The van der Waals surface area contributed by atoms with E-state index in [1.54, 1.807) is 0 Å². The molecule has 96 valence electrons. The molecule has 0 aromatic rings. The Balaban J connectivity index is 2.31. The summed E-state index contributed by atoms with van der Waals surface area (Å²) in [5, 5.41) is 0. The fraction of sp³-hybridized carbons (Fsp3) is 1.00. The first-order chi connectivity index (χ1) is 7.50. The van der Waals surface area contributed by atoms with Crippen molar-refractivity contribution < 1.29 is 0 Å². The van der Waals surface area contributed by atoms with Gasteiger partial charge in [0.25, 0.3) is 0 Å². The Hall–Kier alpha value is -0.0800. The van der Waals surface area contributed by atoms with Crippen molar-refractivity contribution in [1.29, 1.82) is 0 Å². The highest BCUT2D eigenvalue weighted by atomic mass is 15.2. The summed E-state index contributed by atoms with van der Waals surface area (Å²) in [6, 6.07) is 1.64. The number of nitrogens with two attached hydrogens (primary N) is 1. The van der Waals surface area contributed by atoms with E-state index in [4.69, 9.17) is 5.73 Å². The highest BCUT2D eigenvalue weighted by Crippen LogP contribution is 2.27. The molecule has 1 rings (SSSR count). The van der Waals surface area contributed by atoms with Gasteiger partial charge in [-0.25, -0.2) is 0 Å². The van der Waals surface area contributed by atoms with Crippen molar-refractivity contribution in [1.82, 2.24) is 4.90 Å². The summed E-state index contributed by atoms with van der Waals surface area (Å²) < 4.78 is 0. The van der Waals surface area contributed by atoms with Gasteiger partial charge in [-0.1, -0.05) is 20.8 Å². The largest absolute Gasteiger partial charge is 0.330 e. The van der Waals surface area contributed by atoms with E-state index in [0.717, 1.165) is 18.6 Å². The van der Waals surface area contributed by atoms with Crippen LogP contribution in [0.2, 0.25) is 0 Å². The fourth-order valence-electron chi connectivity index (χ4n) is 2.81. The van der Waals surface area contributed by atoms with E-state index in [9.17, 15) is 0 Å². The lowest BCUT2D eigenvalue weighted by molar-refractivity contribution is 0.183. The third kappa shape index (κ3) is 3.74. The summed E-state index contributed by atoms with van der Waals surface area (Å²) in [5.74, 6) is 0. The normalized spacial score (nSPS) is 27.6. The van der Waals surface area contributed by atoms with Crippen molar-refractivity contribution in [3.05, 3.63) is 0 Å². The number of rotatable bonds is 6. The lowest BCUT2D eigenvalue weighted by Crippen LogP contribution is -2.35. The maximum atomic E-state index is 5.77. The summed E-state index contributed by atoms with van der Waals surface area (Å²) in [6.07, 6.45) is 6.65. The topological polar surface area (TPSA) is 29.3 Å². The average molecular weight is 226 g/mol. The van der Waals surface area contributed by atoms with Gasteiger partial charge < -0.3 is 5.73 Å². The van der Waals surface area contributed by atoms with Gasteiger partial charge in [0.2, 0.25) is 0 Å². The third-order valence-corrected chi connectivity index (χ3v) is 4.25. The van der Waals surface area contributed by atoms with Gasteiger partial charge in [-0.15, -0.1) is 0 Å². The number of likely N-dealkylation sites (tertiary alicyclic amines) is 1. The van der Waals surface area contributed by atoms with E-state index >= 15 is 0 Å². The van der Waals surface area contributed by atoms with Crippen molar-refractivity contribution in [2.45, 2.75) is 71.9 Å². The molecule has 0 bridgehead atoms. The minimum absolute atomic E-state index is 0.324. The van der Waals surface area contributed by atoms with Gasteiger partial charge in [-0.3, -0.25) is 4.90 Å². The van der Waals surface area contributed by atoms with Crippen LogP contribution in [-0.2, 0) is 0 Å². The molecule has 1 aliphatic heterocycles. The number of hydrogen-bond donors (Lipinski definition) is 1. The van der Waals surface area contributed by atoms with Crippen molar-refractivity contribution in [3.8, 4) is 0 Å². The second-order valence-corrected chi connectivity index (χ2v) is 6.20. The molecule has 0 aromatic carbocycles. The zero-order chi connectivity index (χ0) is 12.2. The Labute approximate surface area is 102 Å². The molecular formula is C14H30N2. The molecule has 0 saturated carbocycles. The molecule has 2 nitrogen and oxygen atoms in total. The molecule has 1 fully saturated rings. The van der Waals surface area contributed by atoms with Crippen molar-refractivity contribution in [2.75, 3.05) is 13.1 Å². The van der Waals surface area contributed by atoms with E-state index in [0.29, 0.717) is 5.41 Å². The number of nitrogens with zero attached hydrogens (tertiary/aromatic N) is 1. The van der Waals surface area contributed by atoms with Crippen LogP contribution in [0.15, 0.2) is 0 Å². The van der Waals surface area contributed by atoms with Gasteiger partial charge in [0.15, 0.2) is 0 Å². The molecule has 2 heteroatoms. The predicted octanol–water partition coefficient (Wildman–Crippen LogP) is 3.01. The van der Waals surface area contributed by atoms with E-state index in [1.807, 2.05) is 0 Å². The van der Waals surface area contributed by atoms with Crippen LogP contribution >= 0.6 is 0 Å². The molecule has 0 radical (unpaired) electrons. The maximum absolute atomic E-state index is 5.77. The highest BCUT2D eigenvalue weighted by molar-refractivity contribution is 4.84. The van der Waals surface area contributed by atoms with Crippen LogP contribution in [0.5, 0.6) is 0 Å². The summed E-state index contributed by atoms with van der Waals surface area (Å²) in [5.41, 5.74) is 6.09. The molecule has 0 aliphatic carbocycles. The Morgan fingerprint density at radius 2 is 2.00 bits per heavy atom. The van der Waals surface area contributed by atoms with Crippen LogP contribution in [0.1, 0.15) is 59.8 Å². The standard InChI is InChI=1S/C14H30N2/c1-5-13-8-7-12(2)16(13)10-6-9-14(3,4)11-15/h12-13H,5-11,15H2,1-4H3. The van der Waals surface area contributed by atoms with Crippen molar-refractivity contribution >= 4 is 0 Å². The summed E-state index contributed by atoms with van der Waals surface area (Å²) >= 11 is 0. The lowest BCUT2D eigenvalue weighted by Gasteiger charge is -2.29. The fourth-order valence-corrected chi connectivity index (χ4v) is 2.81. The average Bonchev–Trinajstić information content (AvgIpc) is 2.60. The van der Waals surface area contributed by atoms with Crippen LogP contribution in [0.4, 0.5) is 0 Å². The SMILES string of the molecule is CCC1CCC(C)N1CCCC(C)(C)CN. The van der Waals surface area contributed by atoms with E-state index in [2.05, 4.69) is 32.6 Å².